The Balaban J connectivity index is 1.49. The third kappa shape index (κ3) is 3.70. The molecule has 2 fully saturated rings. The number of aromatic amines is 1. The van der Waals surface area contributed by atoms with E-state index >= 15 is 0 Å². The molecule has 1 amide bonds. The highest BCUT2D eigenvalue weighted by molar-refractivity contribution is 5.92. The van der Waals surface area contributed by atoms with Gasteiger partial charge in [0.15, 0.2) is 0 Å². The first-order chi connectivity index (χ1) is 13.7. The molecule has 0 bridgehead atoms. The van der Waals surface area contributed by atoms with Crippen molar-refractivity contribution < 1.29 is 23.1 Å². The minimum atomic E-state index is -4.66. The summed E-state index contributed by atoms with van der Waals surface area (Å²) in [4.78, 5) is 18.2. The van der Waals surface area contributed by atoms with Gasteiger partial charge in [0.1, 0.15) is 5.69 Å². The van der Waals surface area contributed by atoms with Gasteiger partial charge in [0.05, 0.1) is 5.41 Å². The number of hydrogen-bond acceptors (Lipinski definition) is 7. The lowest BCUT2D eigenvalue weighted by molar-refractivity contribution is -0.141. The number of carbonyl (C=O) groups excluding carboxylic acids is 1. The molecule has 9 nitrogen and oxygen atoms in total. The fourth-order valence-corrected chi connectivity index (χ4v) is 3.96. The van der Waals surface area contributed by atoms with E-state index in [1.165, 1.54) is 0 Å². The highest BCUT2D eigenvalue weighted by Gasteiger charge is 2.54. The van der Waals surface area contributed by atoms with Crippen LogP contribution in [0.3, 0.4) is 0 Å². The van der Waals surface area contributed by atoms with Crippen LogP contribution in [0.2, 0.25) is 0 Å². The van der Waals surface area contributed by atoms with E-state index in [2.05, 4.69) is 30.9 Å². The average molecular weight is 411 g/mol. The summed E-state index contributed by atoms with van der Waals surface area (Å²) in [6.45, 7) is 3.28. The van der Waals surface area contributed by atoms with E-state index in [-0.39, 0.29) is 23.4 Å². The van der Waals surface area contributed by atoms with E-state index in [4.69, 9.17) is 0 Å². The SMILES string of the molecule is C[C@H]1C[C@@H](NC(=O)C2(c3ccc(C(F)(F)F)nc3O)CC2)CN(c2nnn[nH]2)C1. The summed E-state index contributed by atoms with van der Waals surface area (Å²) in [6, 6.07) is 1.76. The minimum absolute atomic E-state index is 0.128. The fourth-order valence-electron chi connectivity index (χ4n) is 3.96. The van der Waals surface area contributed by atoms with Gasteiger partial charge < -0.3 is 15.3 Å². The number of halogens is 3. The van der Waals surface area contributed by atoms with E-state index in [9.17, 15) is 23.1 Å². The zero-order valence-electron chi connectivity index (χ0n) is 15.6. The smallest absolute Gasteiger partial charge is 0.433 e. The fraction of sp³-hybridized carbons (Fsp3) is 0.588. The molecule has 0 unspecified atom stereocenters. The van der Waals surface area contributed by atoms with Crippen LogP contribution in [0.25, 0.3) is 0 Å². The van der Waals surface area contributed by atoms with Gasteiger partial charge in [-0.25, -0.2) is 10.1 Å². The lowest BCUT2D eigenvalue weighted by Crippen LogP contribution is -2.52. The number of amides is 1. The van der Waals surface area contributed by atoms with Gasteiger partial charge in [-0.1, -0.05) is 18.1 Å². The van der Waals surface area contributed by atoms with Crippen LogP contribution in [0, 0.1) is 5.92 Å². The molecule has 0 radical (unpaired) electrons. The van der Waals surface area contributed by atoms with E-state index in [1.54, 1.807) is 0 Å². The first kappa shape index (κ1) is 19.4. The second-order valence-electron chi connectivity index (χ2n) is 7.79. The molecular formula is C17H20F3N7O2. The predicted octanol–water partition coefficient (Wildman–Crippen LogP) is 1.38. The summed E-state index contributed by atoms with van der Waals surface area (Å²) in [5, 5.41) is 26.8. The molecule has 3 N–H and O–H groups in total. The van der Waals surface area contributed by atoms with Crippen molar-refractivity contribution >= 4 is 11.9 Å². The molecule has 1 saturated carbocycles. The van der Waals surface area contributed by atoms with Crippen molar-refractivity contribution in [3.05, 3.63) is 23.4 Å². The topological polar surface area (TPSA) is 120 Å². The molecule has 2 aromatic rings. The third-order valence-corrected chi connectivity index (χ3v) is 5.49. The third-order valence-electron chi connectivity index (χ3n) is 5.49. The maximum atomic E-state index is 13.0. The van der Waals surface area contributed by atoms with Gasteiger partial charge in [-0.05, 0) is 41.7 Å². The number of aromatic hydroxyl groups is 1. The van der Waals surface area contributed by atoms with Gasteiger partial charge in [0.2, 0.25) is 17.7 Å². The summed E-state index contributed by atoms with van der Waals surface area (Å²) in [5.74, 6) is -0.278. The van der Waals surface area contributed by atoms with Crippen LogP contribution in [0.5, 0.6) is 5.88 Å². The van der Waals surface area contributed by atoms with Crippen LogP contribution in [-0.4, -0.2) is 55.8 Å². The Labute approximate surface area is 163 Å². The molecular weight excluding hydrogens is 391 g/mol. The van der Waals surface area contributed by atoms with Crippen molar-refractivity contribution in [2.45, 2.75) is 43.8 Å². The first-order valence-corrected chi connectivity index (χ1v) is 9.26. The highest BCUT2D eigenvalue weighted by Crippen LogP contribution is 2.51. The number of H-pyrrole nitrogens is 1. The number of nitrogens with zero attached hydrogens (tertiary/aromatic N) is 5. The van der Waals surface area contributed by atoms with Crippen LogP contribution in [0.4, 0.5) is 19.1 Å². The minimum Gasteiger partial charge on any atom is -0.493 e. The zero-order chi connectivity index (χ0) is 20.8. The second-order valence-corrected chi connectivity index (χ2v) is 7.79. The summed E-state index contributed by atoms with van der Waals surface area (Å²) in [5.41, 5.74) is -2.10. The number of carbonyl (C=O) groups is 1. The number of hydrogen-bond donors (Lipinski definition) is 3. The van der Waals surface area contributed by atoms with E-state index in [0.717, 1.165) is 25.1 Å². The number of alkyl halides is 3. The maximum absolute atomic E-state index is 13.0. The zero-order valence-corrected chi connectivity index (χ0v) is 15.6. The molecule has 1 aliphatic carbocycles. The van der Waals surface area contributed by atoms with Gasteiger partial charge in [-0.3, -0.25) is 4.79 Å². The molecule has 4 rings (SSSR count). The van der Waals surface area contributed by atoms with Crippen molar-refractivity contribution in [2.24, 2.45) is 5.92 Å². The Morgan fingerprint density at radius 2 is 2.10 bits per heavy atom. The molecule has 12 heteroatoms. The van der Waals surface area contributed by atoms with Crippen LogP contribution in [-0.2, 0) is 16.4 Å². The van der Waals surface area contributed by atoms with Gasteiger partial charge in [0.25, 0.3) is 0 Å². The van der Waals surface area contributed by atoms with Crippen molar-refractivity contribution in [1.82, 2.24) is 30.9 Å². The largest absolute Gasteiger partial charge is 0.493 e. The number of piperidine rings is 1. The van der Waals surface area contributed by atoms with Gasteiger partial charge >= 0.3 is 6.18 Å². The predicted molar refractivity (Wildman–Crippen MR) is 93.9 cm³/mol. The number of pyridine rings is 1. The summed E-state index contributed by atoms with van der Waals surface area (Å²) < 4.78 is 38.4. The van der Waals surface area contributed by atoms with E-state index in [0.29, 0.717) is 25.3 Å². The molecule has 1 aliphatic heterocycles. The Kier molecular flexibility index (Phi) is 4.58. The summed E-state index contributed by atoms with van der Waals surface area (Å²) in [6.07, 6.45) is -3.03. The number of nitrogens with one attached hydrogen (secondary N) is 2. The molecule has 0 spiro atoms. The summed E-state index contributed by atoms with van der Waals surface area (Å²) >= 11 is 0. The van der Waals surface area contributed by atoms with Crippen molar-refractivity contribution in [3.8, 4) is 5.88 Å². The molecule has 2 aromatic heterocycles. The molecule has 156 valence electrons. The molecule has 2 atom stereocenters. The van der Waals surface area contributed by atoms with Gasteiger partial charge in [-0.2, -0.15) is 13.2 Å². The Morgan fingerprint density at radius 3 is 2.69 bits per heavy atom. The van der Waals surface area contributed by atoms with Crippen LogP contribution in [0.15, 0.2) is 12.1 Å². The van der Waals surface area contributed by atoms with E-state index in [1.807, 2.05) is 11.8 Å². The lowest BCUT2D eigenvalue weighted by atomic mass is 9.92. The van der Waals surface area contributed by atoms with Crippen molar-refractivity contribution in [1.29, 1.82) is 0 Å². The number of rotatable bonds is 4. The molecule has 1 saturated heterocycles. The lowest BCUT2D eigenvalue weighted by Gasteiger charge is -2.36. The molecule has 3 heterocycles. The van der Waals surface area contributed by atoms with Gasteiger partial charge in [0, 0.05) is 24.7 Å². The maximum Gasteiger partial charge on any atom is 0.433 e. The standard InChI is InChI=1S/C17H20F3N7O2/c1-9-6-10(8-27(7-9)15-23-25-26-24-15)21-14(29)16(4-5-16)11-2-3-12(17(18,19)20)22-13(11)28/h2-3,9-10H,4-8H2,1H3,(H,21,29)(H,22,28)(H,23,24,25,26)/t9-,10+/m0/s1. The van der Waals surface area contributed by atoms with Gasteiger partial charge in [-0.15, -0.1) is 0 Å². The average Bonchev–Trinajstić information content (AvgIpc) is 3.26. The normalized spacial score (nSPS) is 23.7. The second kappa shape index (κ2) is 6.85. The first-order valence-electron chi connectivity index (χ1n) is 9.26. The highest BCUT2D eigenvalue weighted by atomic mass is 19.4. The number of anilines is 1. The molecule has 0 aromatic carbocycles. The Morgan fingerprint density at radius 1 is 1.34 bits per heavy atom. The van der Waals surface area contributed by atoms with Crippen LogP contribution in [0.1, 0.15) is 37.4 Å². The quantitative estimate of drug-likeness (QED) is 0.695. The van der Waals surface area contributed by atoms with E-state index < -0.39 is 23.2 Å². The molecule has 2 aliphatic rings. The monoisotopic (exact) mass is 411 g/mol. The van der Waals surface area contributed by atoms with Crippen molar-refractivity contribution in [3.63, 3.8) is 0 Å². The Hall–Kier alpha value is -2.92. The molecule has 29 heavy (non-hydrogen) atoms. The Bertz CT molecular complexity index is 899. The number of tetrazole rings is 1. The van der Waals surface area contributed by atoms with Crippen molar-refractivity contribution in [2.75, 3.05) is 18.0 Å². The number of aromatic nitrogens is 5. The van der Waals surface area contributed by atoms with Crippen LogP contribution >= 0.6 is 0 Å². The van der Waals surface area contributed by atoms with Crippen LogP contribution < -0.4 is 10.2 Å². The summed E-state index contributed by atoms with van der Waals surface area (Å²) in [7, 11) is 0.